The molecule has 0 bridgehead atoms. The molecular weight excluding hydrogens is 409 g/mol. The summed E-state index contributed by atoms with van der Waals surface area (Å²) in [5.41, 5.74) is 5.40. The summed E-state index contributed by atoms with van der Waals surface area (Å²) in [6, 6.07) is 2.49. The number of nitrogens with two attached hydrogens (primary N) is 1. The molecule has 1 amide bonds. The predicted octanol–water partition coefficient (Wildman–Crippen LogP) is 3.41. The third kappa shape index (κ3) is 5.98. The zero-order valence-electron chi connectivity index (χ0n) is 12.3. The van der Waals surface area contributed by atoms with Crippen molar-refractivity contribution >= 4 is 57.2 Å². The van der Waals surface area contributed by atoms with Crippen molar-refractivity contribution in [1.29, 1.82) is 0 Å². The minimum absolute atomic E-state index is 0. The maximum Gasteiger partial charge on any atom is 0.221 e. The molecule has 8 heteroatoms. The van der Waals surface area contributed by atoms with Crippen LogP contribution in [0, 0.1) is 0 Å². The van der Waals surface area contributed by atoms with Gasteiger partial charge in [-0.05, 0) is 41.4 Å². The summed E-state index contributed by atoms with van der Waals surface area (Å²) in [5.74, 6) is 0.0462. The molecular formula is C14H22BrCl2N3OS. The Balaban J connectivity index is 0.00000242. The Morgan fingerprint density at radius 2 is 2.32 bits per heavy atom. The number of carbonyl (C=O) groups is 1. The first kappa shape index (κ1) is 20.2. The zero-order chi connectivity index (χ0) is 15.2. The number of thiophene rings is 1. The summed E-state index contributed by atoms with van der Waals surface area (Å²) in [6.45, 7) is 3.08. The summed E-state index contributed by atoms with van der Waals surface area (Å²) in [6.07, 6.45) is 3.97. The first-order chi connectivity index (χ1) is 10.1. The van der Waals surface area contributed by atoms with Crippen LogP contribution in [-0.2, 0) is 11.3 Å². The quantitative estimate of drug-likeness (QED) is 0.726. The molecule has 22 heavy (non-hydrogen) atoms. The third-order valence-corrected chi connectivity index (χ3v) is 6.17. The average molecular weight is 431 g/mol. The summed E-state index contributed by atoms with van der Waals surface area (Å²) in [7, 11) is 0. The summed E-state index contributed by atoms with van der Waals surface area (Å²) >= 11 is 11.2. The molecule has 1 aliphatic rings. The largest absolute Gasteiger partial charge is 0.354 e. The molecule has 0 saturated carbocycles. The van der Waals surface area contributed by atoms with Crippen LogP contribution in [0.15, 0.2) is 10.5 Å². The molecule has 2 heterocycles. The van der Waals surface area contributed by atoms with Crippen LogP contribution in [0.4, 0.5) is 0 Å². The molecule has 0 aromatic carbocycles. The van der Waals surface area contributed by atoms with E-state index in [4.69, 9.17) is 17.3 Å². The van der Waals surface area contributed by atoms with Gasteiger partial charge in [0.2, 0.25) is 5.91 Å². The molecule has 126 valence electrons. The van der Waals surface area contributed by atoms with Crippen LogP contribution >= 0.6 is 51.3 Å². The van der Waals surface area contributed by atoms with Crippen LogP contribution in [0.3, 0.4) is 0 Å². The van der Waals surface area contributed by atoms with Gasteiger partial charge in [-0.25, -0.2) is 0 Å². The van der Waals surface area contributed by atoms with Crippen LogP contribution in [-0.4, -0.2) is 36.5 Å². The van der Waals surface area contributed by atoms with E-state index in [0.29, 0.717) is 25.6 Å². The Labute approximate surface area is 155 Å². The molecule has 0 radical (unpaired) electrons. The highest BCUT2D eigenvalue weighted by Crippen LogP contribution is 2.33. The molecule has 4 nitrogen and oxygen atoms in total. The molecule has 0 aliphatic carbocycles. The Morgan fingerprint density at radius 3 is 2.95 bits per heavy atom. The smallest absolute Gasteiger partial charge is 0.221 e. The number of likely N-dealkylation sites (tertiary alicyclic amines) is 1. The summed E-state index contributed by atoms with van der Waals surface area (Å²) in [4.78, 5) is 15.3. The Bertz CT molecular complexity index is 467. The lowest BCUT2D eigenvalue weighted by atomic mass is 10.0. The highest BCUT2D eigenvalue weighted by Gasteiger charge is 2.23. The second-order valence-corrected chi connectivity index (χ2v) is 7.89. The zero-order valence-corrected chi connectivity index (χ0v) is 16.3. The number of nitrogens with one attached hydrogen (secondary N) is 1. The molecule has 1 unspecified atom stereocenters. The van der Waals surface area contributed by atoms with Gasteiger partial charge >= 0.3 is 0 Å². The van der Waals surface area contributed by atoms with Crippen molar-refractivity contribution in [2.75, 3.05) is 19.6 Å². The van der Waals surface area contributed by atoms with E-state index in [1.165, 1.54) is 17.7 Å². The van der Waals surface area contributed by atoms with Gasteiger partial charge in [-0.15, -0.1) is 23.7 Å². The molecule has 1 aromatic rings. The molecule has 1 aliphatic heterocycles. The molecule has 0 spiro atoms. The van der Waals surface area contributed by atoms with Crippen molar-refractivity contribution in [3.8, 4) is 0 Å². The molecule has 1 atom stereocenters. The second-order valence-electron chi connectivity index (χ2n) is 5.30. The topological polar surface area (TPSA) is 58.4 Å². The van der Waals surface area contributed by atoms with Crippen molar-refractivity contribution in [2.24, 2.45) is 5.73 Å². The molecule has 1 aromatic heterocycles. The standard InChI is InChI=1S/C14H21BrClN3OS.ClH/c15-12-7-11(21-14(12)16)9-19-6-2-1-3-10(19)8-18-13(20)4-5-17;/h7,10H,1-6,8-9,17H2,(H,18,20);1H. The van der Waals surface area contributed by atoms with E-state index in [1.807, 2.05) is 0 Å². The number of hydrogen-bond donors (Lipinski definition) is 2. The van der Waals surface area contributed by atoms with E-state index in [9.17, 15) is 4.79 Å². The molecule has 3 N–H and O–H groups in total. The lowest BCUT2D eigenvalue weighted by molar-refractivity contribution is -0.121. The number of rotatable bonds is 6. The SMILES string of the molecule is Cl.NCCC(=O)NCC1CCCCN1Cc1cc(Br)c(Cl)s1. The van der Waals surface area contributed by atoms with Gasteiger partial charge in [-0.2, -0.15) is 0 Å². The van der Waals surface area contributed by atoms with E-state index < -0.39 is 0 Å². The number of hydrogen-bond acceptors (Lipinski definition) is 4. The fraction of sp³-hybridized carbons (Fsp3) is 0.643. The Kier molecular flexibility index (Phi) is 9.28. The van der Waals surface area contributed by atoms with Crippen molar-refractivity contribution in [3.05, 3.63) is 19.8 Å². The minimum Gasteiger partial charge on any atom is -0.354 e. The van der Waals surface area contributed by atoms with Gasteiger partial charge in [0.05, 0.1) is 0 Å². The lowest BCUT2D eigenvalue weighted by Crippen LogP contribution is -2.46. The summed E-state index contributed by atoms with van der Waals surface area (Å²) < 4.78 is 1.77. The van der Waals surface area contributed by atoms with Gasteiger partial charge in [-0.1, -0.05) is 18.0 Å². The van der Waals surface area contributed by atoms with E-state index in [1.54, 1.807) is 11.3 Å². The van der Waals surface area contributed by atoms with Crippen LogP contribution in [0.5, 0.6) is 0 Å². The van der Waals surface area contributed by atoms with Gasteiger partial charge in [0.15, 0.2) is 0 Å². The van der Waals surface area contributed by atoms with Crippen LogP contribution in [0.1, 0.15) is 30.6 Å². The van der Waals surface area contributed by atoms with Crippen LogP contribution in [0.25, 0.3) is 0 Å². The van der Waals surface area contributed by atoms with Crippen molar-refractivity contribution < 1.29 is 4.79 Å². The number of halogens is 3. The third-order valence-electron chi connectivity index (χ3n) is 3.71. The Morgan fingerprint density at radius 1 is 1.55 bits per heavy atom. The molecule has 1 saturated heterocycles. The van der Waals surface area contributed by atoms with E-state index in [-0.39, 0.29) is 18.3 Å². The first-order valence-corrected chi connectivity index (χ1v) is 9.23. The predicted molar refractivity (Wildman–Crippen MR) is 99.0 cm³/mol. The van der Waals surface area contributed by atoms with Gasteiger partial charge in [0, 0.05) is 41.4 Å². The summed E-state index contributed by atoms with van der Waals surface area (Å²) in [5, 5.41) is 2.99. The van der Waals surface area contributed by atoms with Gasteiger partial charge in [0.25, 0.3) is 0 Å². The minimum atomic E-state index is 0. The number of carbonyl (C=O) groups excluding carboxylic acids is 1. The number of piperidine rings is 1. The van der Waals surface area contributed by atoms with Gasteiger partial charge in [0.1, 0.15) is 4.34 Å². The fourth-order valence-corrected chi connectivity index (χ4v) is 4.44. The molecule has 2 rings (SSSR count). The van der Waals surface area contributed by atoms with E-state index in [0.717, 1.165) is 28.3 Å². The van der Waals surface area contributed by atoms with Gasteiger partial charge < -0.3 is 11.1 Å². The highest BCUT2D eigenvalue weighted by molar-refractivity contribution is 9.10. The lowest BCUT2D eigenvalue weighted by Gasteiger charge is -2.35. The Hall–Kier alpha value is 0.150. The van der Waals surface area contributed by atoms with Crippen LogP contribution in [0.2, 0.25) is 4.34 Å². The normalized spacial score (nSPS) is 18.8. The number of nitrogens with zero attached hydrogens (tertiary/aromatic N) is 1. The van der Waals surface area contributed by atoms with Crippen LogP contribution < -0.4 is 11.1 Å². The fourth-order valence-electron chi connectivity index (χ4n) is 2.62. The highest BCUT2D eigenvalue weighted by atomic mass is 79.9. The van der Waals surface area contributed by atoms with Gasteiger partial charge in [-0.3, -0.25) is 9.69 Å². The first-order valence-electron chi connectivity index (χ1n) is 7.24. The second kappa shape index (κ2) is 10.1. The van der Waals surface area contributed by atoms with E-state index in [2.05, 4.69) is 32.2 Å². The van der Waals surface area contributed by atoms with Crippen molar-refractivity contribution in [1.82, 2.24) is 10.2 Å². The maximum atomic E-state index is 11.6. The molecule has 1 fully saturated rings. The maximum absolute atomic E-state index is 11.6. The van der Waals surface area contributed by atoms with Crippen molar-refractivity contribution in [2.45, 2.75) is 38.3 Å². The van der Waals surface area contributed by atoms with E-state index >= 15 is 0 Å². The average Bonchev–Trinajstić information content (AvgIpc) is 2.77. The monoisotopic (exact) mass is 429 g/mol. The number of amides is 1. The van der Waals surface area contributed by atoms with Crippen molar-refractivity contribution in [3.63, 3.8) is 0 Å².